The molecular formula is C31H36N4O4. The number of aromatic nitrogens is 3. The summed E-state index contributed by atoms with van der Waals surface area (Å²) in [7, 11) is 1.73. The summed E-state index contributed by atoms with van der Waals surface area (Å²) in [4.78, 5) is 24.1. The number of carbonyl (C=O) groups excluding carboxylic acids is 1. The van der Waals surface area contributed by atoms with Gasteiger partial charge in [-0.2, -0.15) is 5.10 Å². The monoisotopic (exact) mass is 528 g/mol. The maximum atomic E-state index is 12.7. The van der Waals surface area contributed by atoms with E-state index in [1.165, 1.54) is 0 Å². The molecule has 8 nitrogen and oxygen atoms in total. The van der Waals surface area contributed by atoms with E-state index < -0.39 is 5.60 Å². The Kier molecular flexibility index (Phi) is 7.32. The zero-order valence-corrected chi connectivity index (χ0v) is 23.0. The molecule has 204 valence electrons. The summed E-state index contributed by atoms with van der Waals surface area (Å²) < 4.78 is 9.95. The SMILES string of the molecule is CC(=O)N[C@H]1CC[C@H](Oc2cc(=O)n(C)cc2-c2cc(C(C)(C)O)c3cnn(Cc4ccccc4)c3c2)CC1. The van der Waals surface area contributed by atoms with E-state index in [1.807, 2.05) is 28.9 Å². The number of amides is 1. The van der Waals surface area contributed by atoms with Crippen molar-refractivity contribution in [3.8, 4) is 16.9 Å². The topological polar surface area (TPSA) is 98.4 Å². The third kappa shape index (κ3) is 5.91. The van der Waals surface area contributed by atoms with E-state index in [1.54, 1.807) is 50.8 Å². The number of carbonyl (C=O) groups is 1. The van der Waals surface area contributed by atoms with Crippen molar-refractivity contribution in [2.45, 2.75) is 70.7 Å². The molecule has 0 radical (unpaired) electrons. The van der Waals surface area contributed by atoms with Crippen LogP contribution < -0.4 is 15.6 Å². The van der Waals surface area contributed by atoms with E-state index in [-0.39, 0.29) is 23.6 Å². The molecule has 2 aromatic carbocycles. The number of ether oxygens (including phenoxy) is 1. The van der Waals surface area contributed by atoms with Gasteiger partial charge >= 0.3 is 0 Å². The average molecular weight is 529 g/mol. The van der Waals surface area contributed by atoms with Gasteiger partial charge in [-0.25, -0.2) is 0 Å². The van der Waals surface area contributed by atoms with Gasteiger partial charge in [-0.15, -0.1) is 0 Å². The molecule has 39 heavy (non-hydrogen) atoms. The fraction of sp³-hybridized carbons (Fsp3) is 0.387. The number of nitrogens with one attached hydrogen (secondary N) is 1. The van der Waals surface area contributed by atoms with Crippen molar-refractivity contribution in [3.63, 3.8) is 0 Å². The number of pyridine rings is 1. The van der Waals surface area contributed by atoms with Crippen LogP contribution in [0.1, 0.15) is 57.6 Å². The highest BCUT2D eigenvalue weighted by atomic mass is 16.5. The highest BCUT2D eigenvalue weighted by molar-refractivity contribution is 5.89. The lowest BCUT2D eigenvalue weighted by Crippen LogP contribution is -2.38. The lowest BCUT2D eigenvalue weighted by atomic mass is 9.91. The second-order valence-electron chi connectivity index (χ2n) is 11.1. The Morgan fingerprint density at radius 1 is 1.13 bits per heavy atom. The van der Waals surface area contributed by atoms with Crippen LogP contribution in [-0.4, -0.2) is 37.5 Å². The molecule has 0 unspecified atom stereocenters. The number of benzene rings is 2. The Hall–Kier alpha value is -3.91. The lowest BCUT2D eigenvalue weighted by molar-refractivity contribution is -0.120. The predicted octanol–water partition coefficient (Wildman–Crippen LogP) is 4.50. The normalized spacial score (nSPS) is 17.8. The van der Waals surface area contributed by atoms with Gasteiger partial charge in [0.05, 0.1) is 30.0 Å². The van der Waals surface area contributed by atoms with Gasteiger partial charge in [0.1, 0.15) is 5.75 Å². The van der Waals surface area contributed by atoms with Crippen LogP contribution in [0.25, 0.3) is 22.0 Å². The number of hydrogen-bond donors (Lipinski definition) is 2. The molecular weight excluding hydrogens is 492 g/mol. The fourth-order valence-corrected chi connectivity index (χ4v) is 5.44. The molecule has 2 N–H and O–H groups in total. The standard InChI is InChI=1S/C31H36N4O4/c1-20(36)33-23-10-12-24(13-11-23)39-29-16-30(37)34(4)19-26(29)22-14-27(31(2,3)38)25-17-32-35(28(25)15-22)18-21-8-6-5-7-9-21/h5-9,14-17,19,23-24,38H,10-13,18H2,1-4H3,(H,33,36)/t23-,24-. The van der Waals surface area contributed by atoms with Gasteiger partial charge in [-0.1, -0.05) is 30.3 Å². The molecule has 0 aliphatic heterocycles. The molecule has 1 amide bonds. The Bertz CT molecular complexity index is 1540. The first-order valence-electron chi connectivity index (χ1n) is 13.5. The van der Waals surface area contributed by atoms with Gasteiger partial charge in [-0.05, 0) is 68.4 Å². The first kappa shape index (κ1) is 26.7. The minimum absolute atomic E-state index is 0.0160. The zero-order chi connectivity index (χ0) is 27.7. The van der Waals surface area contributed by atoms with Crippen LogP contribution in [0, 0.1) is 0 Å². The summed E-state index contributed by atoms with van der Waals surface area (Å²) in [6, 6.07) is 15.9. The number of aliphatic hydroxyl groups is 1. The lowest BCUT2D eigenvalue weighted by Gasteiger charge is -2.30. The van der Waals surface area contributed by atoms with Crippen molar-refractivity contribution in [3.05, 3.63) is 82.4 Å². The van der Waals surface area contributed by atoms with Crippen LogP contribution in [0.15, 0.2) is 65.7 Å². The van der Waals surface area contributed by atoms with Gasteiger partial charge in [0.15, 0.2) is 0 Å². The van der Waals surface area contributed by atoms with Crippen LogP contribution in [0.3, 0.4) is 0 Å². The van der Waals surface area contributed by atoms with Gasteiger partial charge in [0.25, 0.3) is 5.56 Å². The molecule has 0 bridgehead atoms. The fourth-order valence-electron chi connectivity index (χ4n) is 5.44. The van der Waals surface area contributed by atoms with Crippen molar-refractivity contribution in [1.82, 2.24) is 19.7 Å². The number of fused-ring (bicyclic) bond motifs is 1. The molecule has 0 saturated heterocycles. The second-order valence-corrected chi connectivity index (χ2v) is 11.1. The van der Waals surface area contributed by atoms with E-state index in [9.17, 15) is 14.7 Å². The summed E-state index contributed by atoms with van der Waals surface area (Å²) in [5, 5.41) is 19.7. The van der Waals surface area contributed by atoms with Crippen molar-refractivity contribution in [1.29, 1.82) is 0 Å². The molecule has 5 rings (SSSR count). The average Bonchev–Trinajstić information content (AvgIpc) is 3.29. The maximum absolute atomic E-state index is 12.7. The Morgan fingerprint density at radius 2 is 1.85 bits per heavy atom. The molecule has 0 spiro atoms. The number of aryl methyl sites for hydroxylation is 1. The quantitative estimate of drug-likeness (QED) is 0.368. The Labute approximate surface area is 228 Å². The molecule has 1 saturated carbocycles. The first-order valence-corrected chi connectivity index (χ1v) is 13.5. The van der Waals surface area contributed by atoms with Gasteiger partial charge < -0.3 is 19.7 Å². The minimum atomic E-state index is -1.11. The molecule has 0 atom stereocenters. The van der Waals surface area contributed by atoms with Crippen LogP contribution >= 0.6 is 0 Å². The zero-order valence-electron chi connectivity index (χ0n) is 23.0. The van der Waals surface area contributed by atoms with Gasteiger partial charge in [0, 0.05) is 43.2 Å². The smallest absolute Gasteiger partial charge is 0.254 e. The largest absolute Gasteiger partial charge is 0.490 e. The van der Waals surface area contributed by atoms with Crippen molar-refractivity contribution >= 4 is 16.8 Å². The van der Waals surface area contributed by atoms with Gasteiger partial charge in [0.2, 0.25) is 5.91 Å². The molecule has 1 aliphatic rings. The van der Waals surface area contributed by atoms with E-state index in [4.69, 9.17) is 4.74 Å². The van der Waals surface area contributed by atoms with Crippen LogP contribution in [-0.2, 0) is 24.0 Å². The summed E-state index contributed by atoms with van der Waals surface area (Å²) in [6.07, 6.45) is 6.79. The maximum Gasteiger partial charge on any atom is 0.254 e. The van der Waals surface area contributed by atoms with Crippen molar-refractivity contribution in [2.75, 3.05) is 0 Å². The van der Waals surface area contributed by atoms with Crippen LogP contribution in [0.4, 0.5) is 0 Å². The van der Waals surface area contributed by atoms with Crippen molar-refractivity contribution < 1.29 is 14.6 Å². The molecule has 2 heterocycles. The Balaban J connectivity index is 1.55. The van der Waals surface area contributed by atoms with E-state index in [0.29, 0.717) is 12.3 Å². The molecule has 1 fully saturated rings. The van der Waals surface area contributed by atoms with E-state index >= 15 is 0 Å². The molecule has 2 aromatic heterocycles. The van der Waals surface area contributed by atoms with Crippen molar-refractivity contribution in [2.24, 2.45) is 7.05 Å². The minimum Gasteiger partial charge on any atom is -0.490 e. The second kappa shape index (κ2) is 10.7. The van der Waals surface area contributed by atoms with E-state index in [0.717, 1.165) is 58.8 Å². The van der Waals surface area contributed by atoms with Gasteiger partial charge in [-0.3, -0.25) is 14.3 Å². The first-order chi connectivity index (χ1) is 18.6. The molecule has 4 aromatic rings. The molecule has 1 aliphatic carbocycles. The summed E-state index contributed by atoms with van der Waals surface area (Å²) in [5.74, 6) is 0.508. The highest BCUT2D eigenvalue weighted by Gasteiger charge is 2.26. The molecule has 8 heteroatoms. The number of rotatable bonds is 7. The highest BCUT2D eigenvalue weighted by Crippen LogP contribution is 2.38. The third-order valence-corrected chi connectivity index (χ3v) is 7.47. The van der Waals surface area contributed by atoms with Crippen LogP contribution in [0.2, 0.25) is 0 Å². The van der Waals surface area contributed by atoms with E-state index in [2.05, 4.69) is 28.6 Å². The number of hydrogen-bond acceptors (Lipinski definition) is 5. The summed E-state index contributed by atoms with van der Waals surface area (Å²) in [6.45, 7) is 5.67. The summed E-state index contributed by atoms with van der Waals surface area (Å²) >= 11 is 0. The third-order valence-electron chi connectivity index (χ3n) is 7.47. The van der Waals surface area contributed by atoms with Crippen LogP contribution in [0.5, 0.6) is 5.75 Å². The Morgan fingerprint density at radius 3 is 2.51 bits per heavy atom. The predicted molar refractivity (Wildman–Crippen MR) is 152 cm³/mol. The number of nitrogens with zero attached hydrogens (tertiary/aromatic N) is 3. The summed E-state index contributed by atoms with van der Waals surface area (Å²) in [5.41, 5.74) is 3.12.